The monoisotopic (exact) mass is 535 g/mol. The van der Waals surface area contributed by atoms with E-state index < -0.39 is 0 Å². The van der Waals surface area contributed by atoms with E-state index in [0.29, 0.717) is 56.1 Å². The fourth-order valence-electron chi connectivity index (χ4n) is 3.89. The molecule has 38 heavy (non-hydrogen) atoms. The van der Waals surface area contributed by atoms with Gasteiger partial charge in [-0.3, -0.25) is 0 Å². The Labute approximate surface area is 229 Å². The predicted molar refractivity (Wildman–Crippen MR) is 154 cm³/mol. The normalized spacial score (nSPS) is 14.4. The van der Waals surface area contributed by atoms with Crippen molar-refractivity contribution in [2.75, 3.05) is 5.32 Å². The summed E-state index contributed by atoms with van der Waals surface area (Å²) in [5.41, 5.74) is 4.19. The minimum absolute atomic E-state index is 0.311. The third kappa shape index (κ3) is 5.13. The van der Waals surface area contributed by atoms with Crippen LogP contribution in [0, 0.1) is 0 Å². The number of anilines is 2. The summed E-state index contributed by atoms with van der Waals surface area (Å²) >= 11 is 12.2. The second-order valence-corrected chi connectivity index (χ2v) is 9.24. The summed E-state index contributed by atoms with van der Waals surface area (Å²) in [4.78, 5) is 19.3. The number of nitrogens with one attached hydrogen (secondary N) is 1. The van der Waals surface area contributed by atoms with E-state index in [2.05, 4.69) is 5.32 Å². The third-order valence-corrected chi connectivity index (χ3v) is 6.21. The predicted octanol–water partition coefficient (Wildman–Crippen LogP) is 8.38. The summed E-state index contributed by atoms with van der Waals surface area (Å²) in [5.74, 6) is 1.72. The Morgan fingerprint density at radius 3 is 1.76 bits per heavy atom. The molecule has 1 aromatic heterocycles. The van der Waals surface area contributed by atoms with E-state index in [1.807, 2.05) is 84.9 Å². The van der Waals surface area contributed by atoms with Crippen LogP contribution < -0.4 is 5.32 Å². The Morgan fingerprint density at radius 2 is 1.16 bits per heavy atom. The van der Waals surface area contributed by atoms with Gasteiger partial charge in [0.05, 0.1) is 11.4 Å². The highest BCUT2D eigenvalue weighted by molar-refractivity contribution is 6.31. The van der Waals surface area contributed by atoms with Crippen LogP contribution in [-0.2, 0) is 4.74 Å². The zero-order valence-electron chi connectivity index (χ0n) is 19.8. The summed E-state index contributed by atoms with van der Waals surface area (Å²) in [6.45, 7) is 0. The Morgan fingerprint density at radius 1 is 0.605 bits per heavy atom. The molecule has 0 fully saturated rings. The fourth-order valence-corrected chi connectivity index (χ4v) is 4.15. The van der Waals surface area contributed by atoms with Gasteiger partial charge in [0, 0.05) is 21.3 Å². The van der Waals surface area contributed by atoms with Crippen molar-refractivity contribution >= 4 is 57.9 Å². The van der Waals surface area contributed by atoms with Gasteiger partial charge in [0.15, 0.2) is 5.82 Å². The second-order valence-electron chi connectivity index (χ2n) is 8.37. The van der Waals surface area contributed by atoms with E-state index in [4.69, 9.17) is 47.9 Å². The van der Waals surface area contributed by atoms with E-state index in [9.17, 15) is 0 Å². The molecule has 1 aliphatic rings. The van der Waals surface area contributed by atoms with Crippen molar-refractivity contribution in [2.24, 2.45) is 9.98 Å². The van der Waals surface area contributed by atoms with E-state index in [1.165, 1.54) is 0 Å². The third-order valence-electron chi connectivity index (χ3n) is 5.70. The van der Waals surface area contributed by atoms with Gasteiger partial charge in [0.25, 0.3) is 0 Å². The minimum Gasteiger partial charge on any atom is -0.417 e. The summed E-state index contributed by atoms with van der Waals surface area (Å²) in [7, 11) is 0. The van der Waals surface area contributed by atoms with Gasteiger partial charge in [-0.15, -0.1) is 0 Å². The molecule has 0 saturated carbocycles. The molecule has 0 aliphatic carbocycles. The van der Waals surface area contributed by atoms with Crippen molar-refractivity contribution in [3.05, 3.63) is 130 Å². The number of nitrogens with zero attached hydrogens (tertiary/aromatic N) is 4. The van der Waals surface area contributed by atoms with Crippen molar-refractivity contribution < 1.29 is 4.74 Å². The zero-order valence-corrected chi connectivity index (χ0v) is 21.4. The summed E-state index contributed by atoms with van der Waals surface area (Å²) in [6.07, 6.45) is 0. The van der Waals surface area contributed by atoms with Crippen LogP contribution in [0.25, 0.3) is 11.4 Å². The molecule has 1 aliphatic heterocycles. The van der Waals surface area contributed by atoms with Gasteiger partial charge in [-0.25, -0.2) is 20.0 Å². The van der Waals surface area contributed by atoms with Gasteiger partial charge < -0.3 is 10.1 Å². The molecule has 0 amide bonds. The first kappa shape index (κ1) is 23.9. The van der Waals surface area contributed by atoms with Crippen molar-refractivity contribution in [1.82, 2.24) is 9.97 Å². The van der Waals surface area contributed by atoms with Crippen molar-refractivity contribution in [3.63, 3.8) is 0 Å². The van der Waals surface area contributed by atoms with Gasteiger partial charge in [0.1, 0.15) is 17.1 Å². The molecule has 5 aromatic rings. The van der Waals surface area contributed by atoms with Crippen LogP contribution in [-0.4, -0.2) is 21.8 Å². The maximum absolute atomic E-state index is 6.26. The van der Waals surface area contributed by atoms with Crippen LogP contribution in [0.1, 0.15) is 11.3 Å². The van der Waals surface area contributed by atoms with Crippen molar-refractivity contribution in [3.8, 4) is 11.4 Å². The topological polar surface area (TPSA) is 71.8 Å². The highest BCUT2D eigenvalue weighted by Crippen LogP contribution is 2.33. The quantitative estimate of drug-likeness (QED) is 0.245. The first-order valence-electron chi connectivity index (χ1n) is 11.8. The molecular weight excluding hydrogens is 517 g/mol. The summed E-state index contributed by atoms with van der Waals surface area (Å²) < 4.78 is 6.26. The minimum atomic E-state index is 0.311. The molecule has 6 nitrogen and oxygen atoms in total. The van der Waals surface area contributed by atoms with Gasteiger partial charge in [0.2, 0.25) is 11.8 Å². The van der Waals surface area contributed by atoms with Crippen LogP contribution in [0.3, 0.4) is 0 Å². The van der Waals surface area contributed by atoms with E-state index in [-0.39, 0.29) is 0 Å². The van der Waals surface area contributed by atoms with Crippen molar-refractivity contribution in [2.45, 2.75) is 0 Å². The highest BCUT2D eigenvalue weighted by atomic mass is 35.5. The lowest BCUT2D eigenvalue weighted by Gasteiger charge is -2.11. The SMILES string of the molecule is Clc1ccc(N=C2OC(=Nc3ccc(Cl)cc3)c3c(Nc4ccccc4)nc(-c4ccccc4)nc32)cc1. The molecule has 184 valence electrons. The molecule has 0 atom stereocenters. The molecule has 4 aromatic carbocycles. The van der Waals surface area contributed by atoms with Crippen molar-refractivity contribution in [1.29, 1.82) is 0 Å². The summed E-state index contributed by atoms with van der Waals surface area (Å²) in [6, 6.07) is 33.9. The van der Waals surface area contributed by atoms with Crippen LogP contribution in [0.2, 0.25) is 10.0 Å². The number of fused-ring (bicyclic) bond motifs is 1. The Kier molecular flexibility index (Phi) is 6.56. The first-order chi connectivity index (χ1) is 18.6. The molecule has 1 N–H and O–H groups in total. The lowest BCUT2D eigenvalue weighted by Crippen LogP contribution is -2.07. The average molecular weight is 536 g/mol. The molecule has 6 rings (SSSR count). The maximum atomic E-state index is 6.26. The number of hydrogen-bond acceptors (Lipinski definition) is 6. The second kappa shape index (κ2) is 10.5. The molecule has 0 spiro atoms. The number of halogens is 2. The number of para-hydroxylation sites is 1. The zero-order chi connectivity index (χ0) is 25.9. The number of aliphatic imine (C=N–C) groups is 2. The summed E-state index contributed by atoms with van der Waals surface area (Å²) in [5, 5.41) is 4.67. The number of rotatable bonds is 5. The van der Waals surface area contributed by atoms with E-state index in [1.54, 1.807) is 24.3 Å². The van der Waals surface area contributed by atoms with Crippen LogP contribution in [0.4, 0.5) is 22.9 Å². The molecule has 0 saturated heterocycles. The lowest BCUT2D eigenvalue weighted by molar-refractivity contribution is 0.563. The Hall–Kier alpha value is -4.52. The van der Waals surface area contributed by atoms with E-state index >= 15 is 0 Å². The van der Waals surface area contributed by atoms with Crippen LogP contribution >= 0.6 is 23.2 Å². The number of aromatic nitrogens is 2. The fraction of sp³-hybridized carbons (Fsp3) is 0. The van der Waals surface area contributed by atoms with Gasteiger partial charge in [-0.05, 0) is 60.7 Å². The lowest BCUT2D eigenvalue weighted by atomic mass is 10.1. The molecule has 8 heteroatoms. The molecule has 0 unspecified atom stereocenters. The Balaban J connectivity index is 1.57. The largest absolute Gasteiger partial charge is 0.417 e. The first-order valence-corrected chi connectivity index (χ1v) is 12.5. The van der Waals surface area contributed by atoms with Crippen LogP contribution in [0.5, 0.6) is 0 Å². The number of hydrogen-bond donors (Lipinski definition) is 1. The molecular formula is C30H19Cl2N5O. The average Bonchev–Trinajstić information content (AvgIpc) is 3.29. The number of ether oxygens (including phenoxy) is 1. The highest BCUT2D eigenvalue weighted by Gasteiger charge is 2.33. The smallest absolute Gasteiger partial charge is 0.248 e. The maximum Gasteiger partial charge on any atom is 0.248 e. The molecule has 0 radical (unpaired) electrons. The number of benzene rings is 4. The van der Waals surface area contributed by atoms with E-state index in [0.717, 1.165) is 11.3 Å². The standard InChI is InChI=1S/C30H19Cl2N5O/c31-20-11-15-23(16-12-20)34-29-25-26(30(38-29)35-24-17-13-21(32)14-18-24)36-27(19-7-3-1-4-8-19)37-28(25)33-22-9-5-2-6-10-22/h1-18H,(H,33,36,37). The van der Waals surface area contributed by atoms with Gasteiger partial charge in [-0.1, -0.05) is 71.7 Å². The Bertz CT molecular complexity index is 1650. The molecule has 2 heterocycles. The van der Waals surface area contributed by atoms with Crippen LogP contribution in [0.15, 0.2) is 119 Å². The van der Waals surface area contributed by atoms with Gasteiger partial charge >= 0.3 is 0 Å². The van der Waals surface area contributed by atoms with Gasteiger partial charge in [-0.2, -0.15) is 0 Å². The molecule has 0 bridgehead atoms.